The Labute approximate surface area is 81.2 Å². The average Bonchev–Trinajstić information content (AvgIpc) is 2.17. The molecule has 0 saturated carbocycles. The van der Waals surface area contributed by atoms with E-state index in [4.69, 9.17) is 0 Å². The lowest BCUT2D eigenvalue weighted by Crippen LogP contribution is -2.52. The van der Waals surface area contributed by atoms with Crippen molar-refractivity contribution in [2.45, 2.75) is 6.92 Å². The Hall–Kier alpha value is -1.59. The molecule has 0 aliphatic carbocycles. The Morgan fingerprint density at radius 2 is 2.29 bits per heavy atom. The van der Waals surface area contributed by atoms with Gasteiger partial charge in [0, 0.05) is 13.1 Å². The second-order valence-electron chi connectivity index (χ2n) is 2.80. The molecule has 1 rings (SSSR count). The van der Waals surface area contributed by atoms with Gasteiger partial charge in [0.25, 0.3) is 0 Å². The topological polar surface area (TPSA) is 75.7 Å². The molecule has 0 unspecified atom stereocenters. The Kier molecular flexibility index (Phi) is 3.44. The van der Waals surface area contributed by atoms with Crippen molar-refractivity contribution in [3.05, 3.63) is 0 Å². The first-order valence-electron chi connectivity index (χ1n) is 4.38. The number of nitrogens with one attached hydrogen (secondary N) is 1. The van der Waals surface area contributed by atoms with Gasteiger partial charge < -0.3 is 15.0 Å². The highest BCUT2D eigenvalue weighted by molar-refractivity contribution is 6.32. The van der Waals surface area contributed by atoms with Gasteiger partial charge in [-0.05, 0) is 6.92 Å². The van der Waals surface area contributed by atoms with E-state index < -0.39 is 11.9 Å². The molecule has 0 aromatic rings. The van der Waals surface area contributed by atoms with Gasteiger partial charge in [-0.15, -0.1) is 0 Å². The van der Waals surface area contributed by atoms with E-state index in [2.05, 4.69) is 10.1 Å². The smallest absolute Gasteiger partial charge is 0.397 e. The maximum Gasteiger partial charge on any atom is 0.397 e. The molecule has 0 atom stereocenters. The summed E-state index contributed by atoms with van der Waals surface area (Å²) in [5, 5.41) is 2.55. The van der Waals surface area contributed by atoms with Crippen LogP contribution < -0.4 is 5.32 Å². The second kappa shape index (κ2) is 4.59. The van der Waals surface area contributed by atoms with Crippen molar-refractivity contribution in [2.75, 3.05) is 26.2 Å². The van der Waals surface area contributed by atoms with E-state index >= 15 is 0 Å². The first kappa shape index (κ1) is 10.5. The monoisotopic (exact) mass is 200 g/mol. The first-order valence-corrected chi connectivity index (χ1v) is 4.38. The summed E-state index contributed by atoms with van der Waals surface area (Å²) in [5.74, 6) is -1.90. The van der Waals surface area contributed by atoms with Gasteiger partial charge in [-0.2, -0.15) is 0 Å². The predicted molar refractivity (Wildman–Crippen MR) is 46.2 cm³/mol. The normalized spacial score (nSPS) is 16.1. The van der Waals surface area contributed by atoms with Crippen molar-refractivity contribution in [1.29, 1.82) is 0 Å². The molecule has 0 aromatic carbocycles. The molecule has 6 nitrogen and oxygen atoms in total. The van der Waals surface area contributed by atoms with Gasteiger partial charge in [-0.25, -0.2) is 4.79 Å². The summed E-state index contributed by atoms with van der Waals surface area (Å²) >= 11 is 0. The van der Waals surface area contributed by atoms with Gasteiger partial charge in [-0.1, -0.05) is 0 Å². The SMILES string of the molecule is CCOC(=O)C(=O)N1CCNC(=O)C1. The van der Waals surface area contributed by atoms with E-state index in [-0.39, 0.29) is 19.1 Å². The second-order valence-corrected chi connectivity index (χ2v) is 2.80. The van der Waals surface area contributed by atoms with Crippen LogP contribution in [0.2, 0.25) is 0 Å². The van der Waals surface area contributed by atoms with Gasteiger partial charge in [0.1, 0.15) is 6.54 Å². The summed E-state index contributed by atoms with van der Waals surface area (Å²) in [6.45, 7) is 2.43. The number of hydrogen-bond donors (Lipinski definition) is 1. The van der Waals surface area contributed by atoms with E-state index in [1.54, 1.807) is 6.92 Å². The quantitative estimate of drug-likeness (QED) is 0.413. The van der Waals surface area contributed by atoms with Gasteiger partial charge in [-0.3, -0.25) is 9.59 Å². The van der Waals surface area contributed by atoms with E-state index in [9.17, 15) is 14.4 Å². The zero-order valence-corrected chi connectivity index (χ0v) is 7.91. The fraction of sp³-hybridized carbons (Fsp3) is 0.625. The summed E-state index contributed by atoms with van der Waals surface area (Å²) in [6, 6.07) is 0. The van der Waals surface area contributed by atoms with Crippen LogP contribution in [0.25, 0.3) is 0 Å². The summed E-state index contributed by atoms with van der Waals surface area (Å²) in [6.07, 6.45) is 0. The molecule has 78 valence electrons. The number of rotatable bonds is 1. The number of ether oxygens (including phenoxy) is 1. The number of amides is 2. The van der Waals surface area contributed by atoms with Gasteiger partial charge in [0.05, 0.1) is 6.61 Å². The van der Waals surface area contributed by atoms with Crippen molar-refractivity contribution >= 4 is 17.8 Å². The number of carbonyl (C=O) groups is 3. The third kappa shape index (κ3) is 2.45. The number of piperazine rings is 1. The molecule has 1 N–H and O–H groups in total. The number of esters is 1. The van der Waals surface area contributed by atoms with Crippen molar-refractivity contribution < 1.29 is 19.1 Å². The van der Waals surface area contributed by atoms with Gasteiger partial charge in [0.2, 0.25) is 5.91 Å². The molecule has 0 radical (unpaired) electrons. The van der Waals surface area contributed by atoms with Crippen molar-refractivity contribution in [2.24, 2.45) is 0 Å². The van der Waals surface area contributed by atoms with E-state index in [0.29, 0.717) is 13.1 Å². The minimum atomic E-state index is -0.901. The number of hydrogen-bond acceptors (Lipinski definition) is 4. The molecule has 1 aliphatic heterocycles. The number of carbonyl (C=O) groups excluding carboxylic acids is 3. The fourth-order valence-corrected chi connectivity index (χ4v) is 1.13. The van der Waals surface area contributed by atoms with Crippen LogP contribution >= 0.6 is 0 Å². The average molecular weight is 200 g/mol. The Bertz CT molecular complexity index is 264. The van der Waals surface area contributed by atoms with Crippen molar-refractivity contribution in [1.82, 2.24) is 10.2 Å². The van der Waals surface area contributed by atoms with Crippen LogP contribution in [-0.4, -0.2) is 48.9 Å². The van der Waals surface area contributed by atoms with Crippen LogP contribution in [0, 0.1) is 0 Å². The van der Waals surface area contributed by atoms with Gasteiger partial charge in [0.15, 0.2) is 0 Å². The Balaban J connectivity index is 2.51. The Morgan fingerprint density at radius 1 is 1.57 bits per heavy atom. The van der Waals surface area contributed by atoms with Crippen LogP contribution in [0.1, 0.15) is 6.92 Å². The first-order chi connectivity index (χ1) is 6.65. The molecular weight excluding hydrogens is 188 g/mol. The molecule has 1 fully saturated rings. The highest BCUT2D eigenvalue weighted by Gasteiger charge is 2.27. The highest BCUT2D eigenvalue weighted by atomic mass is 16.5. The molecule has 1 saturated heterocycles. The molecule has 0 spiro atoms. The van der Waals surface area contributed by atoms with Crippen molar-refractivity contribution in [3.8, 4) is 0 Å². The molecule has 14 heavy (non-hydrogen) atoms. The number of nitrogens with zero attached hydrogens (tertiary/aromatic N) is 1. The molecule has 0 bridgehead atoms. The molecule has 1 aliphatic rings. The Morgan fingerprint density at radius 3 is 2.86 bits per heavy atom. The molecular formula is C8H12N2O4. The molecule has 0 aromatic heterocycles. The molecule has 2 amide bonds. The van der Waals surface area contributed by atoms with Crippen LogP contribution in [0.3, 0.4) is 0 Å². The van der Waals surface area contributed by atoms with Crippen LogP contribution in [0.5, 0.6) is 0 Å². The zero-order valence-electron chi connectivity index (χ0n) is 7.91. The zero-order chi connectivity index (χ0) is 10.6. The van der Waals surface area contributed by atoms with Crippen LogP contribution in [-0.2, 0) is 19.1 Å². The molecule has 1 heterocycles. The predicted octanol–water partition coefficient (Wildman–Crippen LogP) is -1.49. The molecule has 6 heteroatoms. The summed E-state index contributed by atoms with van der Waals surface area (Å²) in [7, 11) is 0. The highest BCUT2D eigenvalue weighted by Crippen LogP contribution is 1.96. The maximum atomic E-state index is 11.3. The summed E-state index contributed by atoms with van der Waals surface area (Å²) in [4.78, 5) is 34.4. The maximum absolute atomic E-state index is 11.3. The standard InChI is InChI=1S/C8H12N2O4/c1-2-14-8(13)7(12)10-4-3-9-6(11)5-10/h2-5H2,1H3,(H,9,11). The van der Waals surface area contributed by atoms with E-state index in [1.165, 1.54) is 4.90 Å². The fourth-order valence-electron chi connectivity index (χ4n) is 1.13. The minimum absolute atomic E-state index is 0.0718. The third-order valence-electron chi connectivity index (χ3n) is 1.78. The van der Waals surface area contributed by atoms with E-state index in [0.717, 1.165) is 0 Å². The lowest BCUT2D eigenvalue weighted by molar-refractivity contribution is -0.160. The third-order valence-corrected chi connectivity index (χ3v) is 1.78. The minimum Gasteiger partial charge on any atom is -0.459 e. The summed E-state index contributed by atoms with van der Waals surface area (Å²) in [5.41, 5.74) is 0. The largest absolute Gasteiger partial charge is 0.459 e. The van der Waals surface area contributed by atoms with Crippen LogP contribution in [0.4, 0.5) is 0 Å². The van der Waals surface area contributed by atoms with Crippen molar-refractivity contribution in [3.63, 3.8) is 0 Å². The lowest BCUT2D eigenvalue weighted by Gasteiger charge is -2.25. The van der Waals surface area contributed by atoms with Gasteiger partial charge >= 0.3 is 11.9 Å². The van der Waals surface area contributed by atoms with E-state index in [1.807, 2.05) is 0 Å². The van der Waals surface area contributed by atoms with Crippen LogP contribution in [0.15, 0.2) is 0 Å². The lowest BCUT2D eigenvalue weighted by atomic mass is 10.3. The summed E-state index contributed by atoms with van der Waals surface area (Å²) < 4.78 is 4.53.